The van der Waals surface area contributed by atoms with Gasteiger partial charge in [-0.25, -0.2) is 9.18 Å². The van der Waals surface area contributed by atoms with Crippen LogP contribution in [0.3, 0.4) is 0 Å². The Hall–Kier alpha value is -1.82. The summed E-state index contributed by atoms with van der Waals surface area (Å²) in [4.78, 5) is 11.2. The molecule has 6 heteroatoms. The van der Waals surface area contributed by atoms with Crippen LogP contribution in [0, 0.1) is 5.82 Å². The SMILES string of the molecule is CC(C)(O)C(C)(C)Nc1ccc(F)c(N)c1C(=O)O. The summed E-state index contributed by atoms with van der Waals surface area (Å²) in [5.74, 6) is -2.12. The van der Waals surface area contributed by atoms with Crippen LogP contribution in [0.1, 0.15) is 38.1 Å². The summed E-state index contributed by atoms with van der Waals surface area (Å²) < 4.78 is 13.3. The van der Waals surface area contributed by atoms with E-state index in [0.717, 1.165) is 6.07 Å². The molecular weight excluding hydrogens is 251 g/mol. The predicted molar refractivity (Wildman–Crippen MR) is 71.8 cm³/mol. The number of carboxylic acid groups (broad SMARTS) is 1. The first-order chi connectivity index (χ1) is 8.47. The average molecular weight is 270 g/mol. The average Bonchev–Trinajstić information content (AvgIpc) is 2.21. The molecule has 0 fully saturated rings. The molecule has 0 bridgehead atoms. The van der Waals surface area contributed by atoms with Crippen LogP contribution in [0.25, 0.3) is 0 Å². The molecule has 0 atom stereocenters. The van der Waals surface area contributed by atoms with Gasteiger partial charge in [0, 0.05) is 0 Å². The number of aliphatic hydroxyl groups is 1. The molecule has 0 heterocycles. The highest BCUT2D eigenvalue weighted by atomic mass is 19.1. The van der Waals surface area contributed by atoms with Crippen molar-refractivity contribution < 1.29 is 19.4 Å². The highest BCUT2D eigenvalue weighted by Gasteiger charge is 2.36. The molecule has 0 aliphatic heterocycles. The zero-order valence-electron chi connectivity index (χ0n) is 11.4. The van der Waals surface area contributed by atoms with E-state index in [1.165, 1.54) is 6.07 Å². The first kappa shape index (κ1) is 15.2. The van der Waals surface area contributed by atoms with Crippen LogP contribution >= 0.6 is 0 Å². The third-order valence-corrected chi connectivity index (χ3v) is 3.38. The molecule has 0 spiro atoms. The van der Waals surface area contributed by atoms with Crippen molar-refractivity contribution in [2.45, 2.75) is 38.8 Å². The third kappa shape index (κ3) is 2.96. The summed E-state index contributed by atoms with van der Waals surface area (Å²) >= 11 is 0. The Bertz CT molecular complexity index is 507. The number of carbonyl (C=O) groups is 1. The van der Waals surface area contributed by atoms with Gasteiger partial charge in [0.1, 0.15) is 11.4 Å². The van der Waals surface area contributed by atoms with Crippen LogP contribution in [0.5, 0.6) is 0 Å². The second-order valence-corrected chi connectivity index (χ2v) is 5.50. The second-order valence-electron chi connectivity index (χ2n) is 5.50. The number of hydrogen-bond acceptors (Lipinski definition) is 4. The van der Waals surface area contributed by atoms with Crippen LogP contribution in [0.4, 0.5) is 15.8 Å². The Morgan fingerprint density at radius 3 is 2.26 bits per heavy atom. The zero-order chi connectivity index (χ0) is 15.0. The fraction of sp³-hybridized carbons (Fsp3) is 0.462. The quantitative estimate of drug-likeness (QED) is 0.628. The minimum atomic E-state index is -1.33. The molecule has 0 aliphatic rings. The number of aromatic carboxylic acids is 1. The minimum absolute atomic E-state index is 0.165. The number of benzene rings is 1. The molecule has 0 radical (unpaired) electrons. The Balaban J connectivity index is 3.30. The summed E-state index contributed by atoms with van der Waals surface area (Å²) in [6, 6.07) is 2.38. The lowest BCUT2D eigenvalue weighted by Gasteiger charge is -2.39. The van der Waals surface area contributed by atoms with Gasteiger partial charge in [0.25, 0.3) is 0 Å². The Morgan fingerprint density at radius 1 is 1.32 bits per heavy atom. The summed E-state index contributed by atoms with van der Waals surface area (Å²) in [7, 11) is 0. The molecule has 0 unspecified atom stereocenters. The number of rotatable bonds is 4. The number of nitrogen functional groups attached to an aromatic ring is 1. The summed E-state index contributed by atoms with van der Waals surface area (Å²) in [5, 5.41) is 22.1. The molecule has 5 N–H and O–H groups in total. The summed E-state index contributed by atoms with van der Waals surface area (Å²) in [6.45, 7) is 6.59. The highest BCUT2D eigenvalue weighted by Crippen LogP contribution is 2.31. The molecule has 0 amide bonds. The van der Waals surface area contributed by atoms with Crippen molar-refractivity contribution in [3.05, 3.63) is 23.5 Å². The monoisotopic (exact) mass is 270 g/mol. The maximum absolute atomic E-state index is 13.3. The van der Waals surface area contributed by atoms with Crippen LogP contribution in [-0.2, 0) is 0 Å². The van der Waals surface area contributed by atoms with E-state index in [9.17, 15) is 14.3 Å². The molecule has 0 aromatic heterocycles. The first-order valence-corrected chi connectivity index (χ1v) is 5.79. The van der Waals surface area contributed by atoms with Gasteiger partial charge < -0.3 is 21.3 Å². The third-order valence-electron chi connectivity index (χ3n) is 3.38. The maximum atomic E-state index is 13.3. The van der Waals surface area contributed by atoms with Gasteiger partial charge in [-0.15, -0.1) is 0 Å². The van der Waals surface area contributed by atoms with E-state index >= 15 is 0 Å². The van der Waals surface area contributed by atoms with Gasteiger partial charge in [0.15, 0.2) is 0 Å². The fourth-order valence-electron chi connectivity index (χ4n) is 1.42. The van der Waals surface area contributed by atoms with Gasteiger partial charge >= 0.3 is 5.97 Å². The van der Waals surface area contributed by atoms with E-state index in [4.69, 9.17) is 10.8 Å². The Kier molecular flexibility index (Phi) is 3.77. The molecule has 1 aromatic rings. The van der Waals surface area contributed by atoms with Crippen LogP contribution in [-0.4, -0.2) is 27.3 Å². The highest BCUT2D eigenvalue weighted by molar-refractivity contribution is 6.00. The Morgan fingerprint density at radius 2 is 1.84 bits per heavy atom. The number of hydrogen-bond donors (Lipinski definition) is 4. The lowest BCUT2D eigenvalue weighted by atomic mass is 9.85. The minimum Gasteiger partial charge on any atom is -0.478 e. The van der Waals surface area contributed by atoms with Crippen LogP contribution < -0.4 is 11.1 Å². The van der Waals surface area contributed by atoms with E-state index in [-0.39, 0.29) is 11.3 Å². The van der Waals surface area contributed by atoms with Crippen molar-refractivity contribution in [2.75, 3.05) is 11.1 Å². The molecule has 19 heavy (non-hydrogen) atoms. The van der Waals surface area contributed by atoms with Crippen molar-refractivity contribution in [3.8, 4) is 0 Å². The van der Waals surface area contributed by atoms with Crippen molar-refractivity contribution in [1.29, 1.82) is 0 Å². The molecule has 1 rings (SSSR count). The van der Waals surface area contributed by atoms with Gasteiger partial charge in [0.05, 0.1) is 22.5 Å². The van der Waals surface area contributed by atoms with E-state index in [0.29, 0.717) is 0 Å². The van der Waals surface area contributed by atoms with E-state index in [1.54, 1.807) is 27.7 Å². The first-order valence-electron chi connectivity index (χ1n) is 5.79. The van der Waals surface area contributed by atoms with E-state index < -0.39 is 28.6 Å². The number of nitrogens with one attached hydrogen (secondary N) is 1. The van der Waals surface area contributed by atoms with Gasteiger partial charge in [-0.05, 0) is 39.8 Å². The topological polar surface area (TPSA) is 95.6 Å². The predicted octanol–water partition coefficient (Wildman–Crippen LogP) is 2.07. The van der Waals surface area contributed by atoms with Gasteiger partial charge in [-0.2, -0.15) is 0 Å². The van der Waals surface area contributed by atoms with E-state index in [1.807, 2.05) is 0 Å². The van der Waals surface area contributed by atoms with Gasteiger partial charge in [0.2, 0.25) is 0 Å². The van der Waals surface area contributed by atoms with Gasteiger partial charge in [-0.3, -0.25) is 0 Å². The number of nitrogens with two attached hydrogens (primary N) is 1. The molecule has 0 saturated heterocycles. The maximum Gasteiger partial charge on any atom is 0.340 e. The zero-order valence-corrected chi connectivity index (χ0v) is 11.4. The smallest absolute Gasteiger partial charge is 0.340 e. The lowest BCUT2D eigenvalue weighted by molar-refractivity contribution is 0.0239. The van der Waals surface area contributed by atoms with Crippen molar-refractivity contribution in [2.24, 2.45) is 0 Å². The van der Waals surface area contributed by atoms with Crippen molar-refractivity contribution in [1.82, 2.24) is 0 Å². The van der Waals surface area contributed by atoms with Crippen molar-refractivity contribution >= 4 is 17.3 Å². The lowest BCUT2D eigenvalue weighted by Crippen LogP contribution is -2.51. The van der Waals surface area contributed by atoms with E-state index in [2.05, 4.69) is 5.32 Å². The van der Waals surface area contributed by atoms with Crippen molar-refractivity contribution in [3.63, 3.8) is 0 Å². The summed E-state index contributed by atoms with van der Waals surface area (Å²) in [5.41, 5.74) is 2.91. The Labute approximate surface area is 111 Å². The number of halogens is 1. The molecule has 0 saturated carbocycles. The molecule has 106 valence electrons. The van der Waals surface area contributed by atoms with Crippen LogP contribution in [0.15, 0.2) is 12.1 Å². The second kappa shape index (κ2) is 4.70. The summed E-state index contributed by atoms with van der Waals surface area (Å²) in [6.07, 6.45) is 0. The number of carboxylic acids is 1. The molecule has 1 aromatic carbocycles. The normalized spacial score (nSPS) is 12.3. The molecule has 0 aliphatic carbocycles. The largest absolute Gasteiger partial charge is 0.478 e. The molecule has 5 nitrogen and oxygen atoms in total. The van der Waals surface area contributed by atoms with Gasteiger partial charge in [-0.1, -0.05) is 0 Å². The number of anilines is 2. The van der Waals surface area contributed by atoms with Crippen LogP contribution in [0.2, 0.25) is 0 Å². The fourth-order valence-corrected chi connectivity index (χ4v) is 1.42. The molecular formula is C13H19FN2O3. The standard InChI is InChI=1S/C13H19FN2O3/c1-12(2,13(3,4)19)16-8-6-5-7(14)10(15)9(8)11(17)18/h5-6,16,19H,15H2,1-4H3,(H,17,18).